The average molecular weight is 290 g/mol. The Morgan fingerprint density at radius 2 is 2.19 bits per heavy atom. The first kappa shape index (κ1) is 13.6. The lowest BCUT2D eigenvalue weighted by atomic mass is 10.2. The van der Waals surface area contributed by atoms with Gasteiger partial charge in [-0.15, -0.1) is 0 Å². The van der Waals surface area contributed by atoms with Crippen molar-refractivity contribution in [1.29, 1.82) is 0 Å². The molecular formula is C12H17BrFNO. The SMILES string of the molecule is COCCC(C)NCc1cc(F)cc(Br)c1. The molecule has 0 aliphatic carbocycles. The van der Waals surface area contributed by atoms with Crippen LogP contribution in [0.25, 0.3) is 0 Å². The van der Waals surface area contributed by atoms with Crippen LogP contribution in [-0.2, 0) is 11.3 Å². The van der Waals surface area contributed by atoms with Gasteiger partial charge in [0.15, 0.2) is 0 Å². The van der Waals surface area contributed by atoms with Crippen LogP contribution in [0.2, 0.25) is 0 Å². The third-order valence-corrected chi connectivity index (χ3v) is 2.79. The zero-order valence-electron chi connectivity index (χ0n) is 9.59. The number of hydrogen-bond acceptors (Lipinski definition) is 2. The molecule has 1 N–H and O–H groups in total. The minimum absolute atomic E-state index is 0.212. The Kier molecular flexibility index (Phi) is 5.95. The molecule has 0 aliphatic rings. The van der Waals surface area contributed by atoms with Gasteiger partial charge in [0.25, 0.3) is 0 Å². The van der Waals surface area contributed by atoms with Gasteiger partial charge in [-0.1, -0.05) is 15.9 Å². The molecule has 1 rings (SSSR count). The van der Waals surface area contributed by atoms with E-state index in [2.05, 4.69) is 28.2 Å². The lowest BCUT2D eigenvalue weighted by Gasteiger charge is -2.13. The molecule has 4 heteroatoms. The van der Waals surface area contributed by atoms with Crippen molar-refractivity contribution in [2.45, 2.75) is 25.9 Å². The van der Waals surface area contributed by atoms with Gasteiger partial charge >= 0.3 is 0 Å². The second kappa shape index (κ2) is 6.99. The molecule has 0 aromatic heterocycles. The van der Waals surface area contributed by atoms with Gasteiger partial charge in [0.1, 0.15) is 5.82 Å². The van der Waals surface area contributed by atoms with E-state index in [1.165, 1.54) is 6.07 Å². The summed E-state index contributed by atoms with van der Waals surface area (Å²) >= 11 is 3.27. The van der Waals surface area contributed by atoms with Crippen LogP contribution in [0.1, 0.15) is 18.9 Å². The van der Waals surface area contributed by atoms with Crippen LogP contribution in [0.3, 0.4) is 0 Å². The molecule has 2 nitrogen and oxygen atoms in total. The summed E-state index contributed by atoms with van der Waals surface area (Å²) in [5.41, 5.74) is 0.941. The molecule has 0 heterocycles. The van der Waals surface area contributed by atoms with Gasteiger partial charge in [0.2, 0.25) is 0 Å². The van der Waals surface area contributed by atoms with E-state index in [1.807, 2.05) is 6.07 Å². The van der Waals surface area contributed by atoms with Crippen LogP contribution < -0.4 is 5.32 Å². The van der Waals surface area contributed by atoms with Gasteiger partial charge in [-0.2, -0.15) is 0 Å². The van der Waals surface area contributed by atoms with Gasteiger partial charge in [0.05, 0.1) is 0 Å². The highest BCUT2D eigenvalue weighted by Crippen LogP contribution is 2.14. The predicted octanol–water partition coefficient (Wildman–Crippen LogP) is 3.10. The molecule has 0 fully saturated rings. The molecule has 0 aliphatic heterocycles. The fourth-order valence-electron chi connectivity index (χ4n) is 1.40. The molecule has 16 heavy (non-hydrogen) atoms. The minimum Gasteiger partial charge on any atom is -0.385 e. The highest BCUT2D eigenvalue weighted by Gasteiger charge is 2.03. The highest BCUT2D eigenvalue weighted by atomic mass is 79.9. The van der Waals surface area contributed by atoms with Crippen LogP contribution in [0, 0.1) is 5.82 Å². The van der Waals surface area contributed by atoms with Gasteiger partial charge in [0, 0.05) is 30.8 Å². The van der Waals surface area contributed by atoms with Gasteiger partial charge < -0.3 is 10.1 Å². The van der Waals surface area contributed by atoms with Crippen molar-refractivity contribution < 1.29 is 9.13 Å². The Morgan fingerprint density at radius 3 is 2.81 bits per heavy atom. The fraction of sp³-hybridized carbons (Fsp3) is 0.500. The monoisotopic (exact) mass is 289 g/mol. The number of halogens is 2. The third kappa shape index (κ3) is 5.05. The molecule has 1 atom stereocenters. The molecule has 90 valence electrons. The van der Waals surface area contributed by atoms with Crippen LogP contribution >= 0.6 is 15.9 Å². The summed E-state index contributed by atoms with van der Waals surface area (Å²) in [5, 5.41) is 3.32. The molecule has 0 amide bonds. The maximum absolute atomic E-state index is 13.1. The van der Waals surface area contributed by atoms with Crippen LogP contribution in [0.15, 0.2) is 22.7 Å². The van der Waals surface area contributed by atoms with E-state index in [0.29, 0.717) is 12.6 Å². The second-order valence-corrected chi connectivity index (χ2v) is 4.76. The third-order valence-electron chi connectivity index (χ3n) is 2.33. The normalized spacial score (nSPS) is 12.8. The van der Waals surface area contributed by atoms with Crippen LogP contribution in [0.4, 0.5) is 4.39 Å². The van der Waals surface area contributed by atoms with Gasteiger partial charge in [-0.25, -0.2) is 4.39 Å². The quantitative estimate of drug-likeness (QED) is 0.869. The van der Waals surface area contributed by atoms with E-state index in [0.717, 1.165) is 23.1 Å². The largest absolute Gasteiger partial charge is 0.385 e. The molecule has 0 spiro atoms. The van der Waals surface area contributed by atoms with E-state index in [1.54, 1.807) is 13.2 Å². The molecule has 0 saturated heterocycles. The standard InChI is InChI=1S/C12H17BrFNO/c1-9(3-4-16-2)15-8-10-5-11(13)7-12(14)6-10/h5-7,9,15H,3-4,8H2,1-2H3. The summed E-state index contributed by atoms with van der Waals surface area (Å²) < 4.78 is 18.8. The first-order valence-corrected chi connectivity index (χ1v) is 6.08. The molecule has 0 radical (unpaired) electrons. The van der Waals surface area contributed by atoms with Crippen molar-refractivity contribution in [1.82, 2.24) is 5.32 Å². The number of ether oxygens (including phenoxy) is 1. The predicted molar refractivity (Wildman–Crippen MR) is 66.9 cm³/mol. The molecule has 0 bridgehead atoms. The summed E-state index contributed by atoms with van der Waals surface area (Å²) in [4.78, 5) is 0. The van der Waals surface area contributed by atoms with Crippen molar-refractivity contribution >= 4 is 15.9 Å². The number of nitrogens with one attached hydrogen (secondary N) is 1. The Bertz CT molecular complexity index is 313. The molecule has 1 unspecified atom stereocenters. The lowest BCUT2D eigenvalue weighted by Crippen LogP contribution is -2.26. The number of rotatable bonds is 6. The lowest BCUT2D eigenvalue weighted by molar-refractivity contribution is 0.184. The van der Waals surface area contributed by atoms with Gasteiger partial charge in [-0.05, 0) is 37.1 Å². The maximum Gasteiger partial charge on any atom is 0.124 e. The van der Waals surface area contributed by atoms with Crippen molar-refractivity contribution in [3.8, 4) is 0 Å². The Hall–Kier alpha value is -0.450. The minimum atomic E-state index is -0.212. The zero-order chi connectivity index (χ0) is 12.0. The molecular weight excluding hydrogens is 273 g/mol. The first-order chi connectivity index (χ1) is 7.61. The van der Waals surface area contributed by atoms with E-state index < -0.39 is 0 Å². The zero-order valence-corrected chi connectivity index (χ0v) is 11.2. The summed E-state index contributed by atoms with van der Waals surface area (Å²) in [7, 11) is 1.69. The topological polar surface area (TPSA) is 21.3 Å². The summed E-state index contributed by atoms with van der Waals surface area (Å²) in [5.74, 6) is -0.212. The van der Waals surface area contributed by atoms with E-state index in [9.17, 15) is 4.39 Å². The molecule has 1 aromatic carbocycles. The first-order valence-electron chi connectivity index (χ1n) is 5.29. The van der Waals surface area contributed by atoms with Crippen LogP contribution in [0.5, 0.6) is 0 Å². The Labute approximate surface area is 104 Å². The maximum atomic E-state index is 13.1. The summed E-state index contributed by atoms with van der Waals surface area (Å²) in [6.45, 7) is 3.50. The van der Waals surface area contributed by atoms with E-state index in [4.69, 9.17) is 4.74 Å². The summed E-state index contributed by atoms with van der Waals surface area (Å²) in [6, 6.07) is 5.28. The number of methoxy groups -OCH3 is 1. The second-order valence-electron chi connectivity index (χ2n) is 3.84. The van der Waals surface area contributed by atoms with Crippen molar-refractivity contribution in [2.24, 2.45) is 0 Å². The molecule has 1 aromatic rings. The van der Waals surface area contributed by atoms with Gasteiger partial charge in [-0.3, -0.25) is 0 Å². The number of benzene rings is 1. The summed E-state index contributed by atoms with van der Waals surface area (Å²) in [6.07, 6.45) is 0.951. The fourth-order valence-corrected chi connectivity index (χ4v) is 1.91. The van der Waals surface area contributed by atoms with E-state index >= 15 is 0 Å². The number of hydrogen-bond donors (Lipinski definition) is 1. The Balaban J connectivity index is 2.41. The molecule has 0 saturated carbocycles. The average Bonchev–Trinajstić information content (AvgIpc) is 2.22. The van der Waals surface area contributed by atoms with Crippen molar-refractivity contribution in [3.05, 3.63) is 34.1 Å². The van der Waals surface area contributed by atoms with Crippen molar-refractivity contribution in [3.63, 3.8) is 0 Å². The van der Waals surface area contributed by atoms with E-state index in [-0.39, 0.29) is 5.82 Å². The van der Waals surface area contributed by atoms with Crippen LogP contribution in [-0.4, -0.2) is 19.8 Å². The highest BCUT2D eigenvalue weighted by molar-refractivity contribution is 9.10. The smallest absolute Gasteiger partial charge is 0.124 e. The van der Waals surface area contributed by atoms with Crippen molar-refractivity contribution in [2.75, 3.05) is 13.7 Å². The Morgan fingerprint density at radius 1 is 1.44 bits per heavy atom.